The number of rotatable bonds is 6. The van der Waals surface area contributed by atoms with Crippen LogP contribution in [0.1, 0.15) is 25.0 Å². The lowest BCUT2D eigenvalue weighted by molar-refractivity contribution is -0.129. The van der Waals surface area contributed by atoms with Crippen LogP contribution in [-0.2, 0) is 19.6 Å². The Labute approximate surface area is 163 Å². The molecular weight excluding hydrogens is 380 g/mol. The Morgan fingerprint density at radius 1 is 1.07 bits per heavy atom. The lowest BCUT2D eigenvalue weighted by Gasteiger charge is -2.09. The molecule has 1 heterocycles. The van der Waals surface area contributed by atoms with Gasteiger partial charge in [-0.1, -0.05) is 12.1 Å². The zero-order chi connectivity index (χ0) is 20.3. The van der Waals surface area contributed by atoms with Gasteiger partial charge >= 0.3 is 5.97 Å². The minimum absolute atomic E-state index is 0.129. The van der Waals surface area contributed by atoms with E-state index in [0.29, 0.717) is 11.3 Å². The molecule has 0 aromatic heterocycles. The molecule has 0 amide bonds. The van der Waals surface area contributed by atoms with E-state index in [1.54, 1.807) is 63.4 Å². The number of carbonyl (C=O) groups is 1. The lowest BCUT2D eigenvalue weighted by atomic mass is 10.2. The number of nitrogens with one attached hydrogen (secondary N) is 1. The van der Waals surface area contributed by atoms with E-state index in [2.05, 4.69) is 9.71 Å². The summed E-state index contributed by atoms with van der Waals surface area (Å²) in [6, 6.07) is 12.9. The van der Waals surface area contributed by atoms with Crippen LogP contribution in [0.5, 0.6) is 5.75 Å². The van der Waals surface area contributed by atoms with Gasteiger partial charge in [0, 0.05) is 11.6 Å². The summed E-state index contributed by atoms with van der Waals surface area (Å²) in [4.78, 5) is 16.5. The number of esters is 1. The third-order valence-corrected chi connectivity index (χ3v) is 5.52. The number of cyclic esters (lactones) is 1. The number of methoxy groups -OCH3 is 1. The van der Waals surface area contributed by atoms with Gasteiger partial charge in [0.2, 0.25) is 15.9 Å². The van der Waals surface area contributed by atoms with Crippen molar-refractivity contribution in [3.8, 4) is 5.75 Å². The highest BCUT2D eigenvalue weighted by Crippen LogP contribution is 2.21. The molecule has 3 rings (SSSR count). The number of carbonyl (C=O) groups excluding carboxylic acids is 1. The van der Waals surface area contributed by atoms with Crippen molar-refractivity contribution in [1.82, 2.24) is 4.72 Å². The molecule has 8 heteroatoms. The Morgan fingerprint density at radius 2 is 1.71 bits per heavy atom. The first-order chi connectivity index (χ1) is 13.3. The molecule has 0 unspecified atom stereocenters. The topological polar surface area (TPSA) is 94.1 Å². The Balaban J connectivity index is 1.83. The highest BCUT2D eigenvalue weighted by Gasteiger charge is 2.24. The average Bonchev–Trinajstić information content (AvgIpc) is 3.02. The number of ether oxygens (including phenoxy) is 2. The van der Waals surface area contributed by atoms with Crippen molar-refractivity contribution < 1.29 is 22.7 Å². The fourth-order valence-electron chi connectivity index (χ4n) is 2.55. The number of benzene rings is 2. The molecule has 1 aliphatic heterocycles. The highest BCUT2D eigenvalue weighted by molar-refractivity contribution is 7.89. The first-order valence-corrected chi connectivity index (χ1v) is 10.1. The average molecular weight is 400 g/mol. The Bertz CT molecular complexity index is 1040. The summed E-state index contributed by atoms with van der Waals surface area (Å²) >= 11 is 0. The maximum absolute atomic E-state index is 12.2. The van der Waals surface area contributed by atoms with Gasteiger partial charge < -0.3 is 9.47 Å². The van der Waals surface area contributed by atoms with Crippen molar-refractivity contribution in [2.24, 2.45) is 4.99 Å². The summed E-state index contributed by atoms with van der Waals surface area (Å²) in [5, 5.41) is 0. The van der Waals surface area contributed by atoms with E-state index >= 15 is 0 Å². The fraction of sp³-hybridized carbons (Fsp3) is 0.200. The zero-order valence-electron chi connectivity index (χ0n) is 15.7. The standard InChI is InChI=1S/C20H20N2O5S/c1-13(2)22-28(24,25)17-10-6-15(7-11-17)19-21-18(20(23)27-19)12-14-4-8-16(26-3)9-5-14/h4-13,22H,1-3H3/b18-12-. The van der Waals surface area contributed by atoms with E-state index in [4.69, 9.17) is 9.47 Å². The summed E-state index contributed by atoms with van der Waals surface area (Å²) in [5.41, 5.74) is 1.45. The van der Waals surface area contributed by atoms with Gasteiger partial charge in [0.25, 0.3) is 0 Å². The number of aliphatic imine (C=N–C) groups is 1. The monoisotopic (exact) mass is 400 g/mol. The van der Waals surface area contributed by atoms with Crippen LogP contribution in [0.2, 0.25) is 0 Å². The van der Waals surface area contributed by atoms with Gasteiger partial charge in [0.05, 0.1) is 12.0 Å². The molecule has 0 aliphatic carbocycles. The fourth-order valence-corrected chi connectivity index (χ4v) is 3.80. The summed E-state index contributed by atoms with van der Waals surface area (Å²) in [6.07, 6.45) is 1.61. The Kier molecular flexibility index (Phi) is 5.62. The van der Waals surface area contributed by atoms with Crippen LogP contribution in [0.3, 0.4) is 0 Å². The number of hydrogen-bond donors (Lipinski definition) is 1. The predicted molar refractivity (Wildman–Crippen MR) is 105 cm³/mol. The normalized spacial score (nSPS) is 15.6. The van der Waals surface area contributed by atoms with Gasteiger partial charge in [0.15, 0.2) is 5.70 Å². The van der Waals surface area contributed by atoms with E-state index in [9.17, 15) is 13.2 Å². The maximum atomic E-state index is 12.2. The van der Waals surface area contributed by atoms with Gasteiger partial charge in [-0.2, -0.15) is 0 Å². The Hall–Kier alpha value is -2.97. The summed E-state index contributed by atoms with van der Waals surface area (Å²) in [5.74, 6) is 0.275. The molecule has 146 valence electrons. The molecular formula is C20H20N2O5S. The van der Waals surface area contributed by atoms with Crippen molar-refractivity contribution >= 4 is 28.0 Å². The molecule has 0 spiro atoms. The van der Waals surface area contributed by atoms with Crippen LogP contribution in [0, 0.1) is 0 Å². The van der Waals surface area contributed by atoms with E-state index < -0.39 is 16.0 Å². The molecule has 0 radical (unpaired) electrons. The first kappa shape index (κ1) is 19.8. The second-order valence-electron chi connectivity index (χ2n) is 6.41. The minimum Gasteiger partial charge on any atom is -0.497 e. The highest BCUT2D eigenvalue weighted by atomic mass is 32.2. The molecule has 0 bridgehead atoms. The van der Waals surface area contributed by atoms with Crippen LogP contribution in [0.15, 0.2) is 64.1 Å². The Morgan fingerprint density at radius 3 is 2.29 bits per heavy atom. The number of hydrogen-bond acceptors (Lipinski definition) is 6. The van der Waals surface area contributed by atoms with Gasteiger partial charge in [-0.25, -0.2) is 22.9 Å². The summed E-state index contributed by atoms with van der Waals surface area (Å²) in [7, 11) is -2.01. The van der Waals surface area contributed by atoms with Gasteiger partial charge in [0.1, 0.15) is 5.75 Å². The van der Waals surface area contributed by atoms with Crippen LogP contribution < -0.4 is 9.46 Å². The molecule has 2 aromatic carbocycles. The van der Waals surface area contributed by atoms with Crippen LogP contribution in [-0.4, -0.2) is 33.4 Å². The zero-order valence-corrected chi connectivity index (χ0v) is 16.5. The van der Waals surface area contributed by atoms with E-state index in [-0.39, 0.29) is 22.5 Å². The molecule has 1 aliphatic rings. The molecule has 2 aromatic rings. The van der Waals surface area contributed by atoms with Crippen LogP contribution in [0.25, 0.3) is 6.08 Å². The van der Waals surface area contributed by atoms with Crippen molar-refractivity contribution in [2.75, 3.05) is 7.11 Å². The third kappa shape index (κ3) is 4.47. The molecule has 0 atom stereocenters. The first-order valence-electron chi connectivity index (χ1n) is 8.58. The molecule has 0 saturated carbocycles. The van der Waals surface area contributed by atoms with Crippen LogP contribution in [0.4, 0.5) is 0 Å². The van der Waals surface area contributed by atoms with Gasteiger partial charge in [-0.15, -0.1) is 0 Å². The second-order valence-corrected chi connectivity index (χ2v) is 8.12. The van der Waals surface area contributed by atoms with Crippen molar-refractivity contribution in [1.29, 1.82) is 0 Å². The largest absolute Gasteiger partial charge is 0.497 e. The SMILES string of the molecule is COc1ccc(/C=C2\N=C(c3ccc(S(=O)(=O)NC(C)C)cc3)OC2=O)cc1. The molecule has 28 heavy (non-hydrogen) atoms. The predicted octanol–water partition coefficient (Wildman–Crippen LogP) is 2.73. The van der Waals surface area contributed by atoms with Gasteiger partial charge in [-0.3, -0.25) is 0 Å². The van der Waals surface area contributed by atoms with Gasteiger partial charge in [-0.05, 0) is 61.9 Å². The quantitative estimate of drug-likeness (QED) is 0.594. The summed E-state index contributed by atoms with van der Waals surface area (Å²) < 4.78 is 37.2. The number of nitrogens with zero attached hydrogens (tertiary/aromatic N) is 1. The molecule has 7 nitrogen and oxygen atoms in total. The second kappa shape index (κ2) is 7.95. The van der Waals surface area contributed by atoms with Crippen molar-refractivity contribution in [3.05, 3.63) is 65.4 Å². The smallest absolute Gasteiger partial charge is 0.363 e. The van der Waals surface area contributed by atoms with Crippen molar-refractivity contribution in [2.45, 2.75) is 24.8 Å². The van der Waals surface area contributed by atoms with E-state index in [1.807, 2.05) is 0 Å². The molecule has 0 saturated heterocycles. The molecule has 0 fully saturated rings. The summed E-state index contributed by atoms with van der Waals surface area (Å²) in [6.45, 7) is 3.49. The van der Waals surface area contributed by atoms with Crippen LogP contribution >= 0.6 is 0 Å². The lowest BCUT2D eigenvalue weighted by Crippen LogP contribution is -2.30. The number of sulfonamides is 1. The van der Waals surface area contributed by atoms with E-state index in [0.717, 1.165) is 5.56 Å². The van der Waals surface area contributed by atoms with E-state index in [1.165, 1.54) is 12.1 Å². The molecule has 1 N–H and O–H groups in total. The maximum Gasteiger partial charge on any atom is 0.363 e. The third-order valence-electron chi connectivity index (χ3n) is 3.84. The van der Waals surface area contributed by atoms with Crippen molar-refractivity contribution in [3.63, 3.8) is 0 Å². The minimum atomic E-state index is -3.59.